The second-order valence-electron chi connectivity index (χ2n) is 6.41. The van der Waals surface area contributed by atoms with Gasteiger partial charge in [-0.1, -0.05) is 49.4 Å². The molecule has 0 radical (unpaired) electrons. The van der Waals surface area contributed by atoms with Crippen molar-refractivity contribution in [3.63, 3.8) is 0 Å². The summed E-state index contributed by atoms with van der Waals surface area (Å²) in [6.45, 7) is 0.820. The fourth-order valence-electron chi connectivity index (χ4n) is 3.16. The van der Waals surface area contributed by atoms with Gasteiger partial charge in [-0.3, -0.25) is 0 Å². The van der Waals surface area contributed by atoms with E-state index in [4.69, 9.17) is 11.6 Å². The molecular formula is C19H25ClN4. The van der Waals surface area contributed by atoms with Gasteiger partial charge in [-0.15, -0.1) is 0 Å². The first-order valence-corrected chi connectivity index (χ1v) is 9.25. The predicted molar refractivity (Wildman–Crippen MR) is 101 cm³/mol. The van der Waals surface area contributed by atoms with Gasteiger partial charge in [0.15, 0.2) is 0 Å². The lowest BCUT2D eigenvalue weighted by molar-refractivity contribution is 0.615. The Morgan fingerprint density at radius 2 is 1.92 bits per heavy atom. The lowest BCUT2D eigenvalue weighted by Gasteiger charge is -2.16. The normalized spacial score (nSPS) is 15.7. The first-order valence-electron chi connectivity index (χ1n) is 8.87. The molecule has 4 nitrogen and oxygen atoms in total. The van der Waals surface area contributed by atoms with Gasteiger partial charge in [-0.2, -0.15) is 4.98 Å². The first-order chi connectivity index (χ1) is 11.8. The van der Waals surface area contributed by atoms with Crippen LogP contribution in [0.5, 0.6) is 0 Å². The largest absolute Gasteiger partial charge is 0.370 e. The molecule has 1 aromatic heterocycles. The summed E-state index contributed by atoms with van der Waals surface area (Å²) in [7, 11) is 0. The summed E-state index contributed by atoms with van der Waals surface area (Å²) in [5.41, 5.74) is 1.22. The summed E-state index contributed by atoms with van der Waals surface area (Å²) >= 11 is 6.02. The van der Waals surface area contributed by atoms with E-state index in [2.05, 4.69) is 26.7 Å². The summed E-state index contributed by atoms with van der Waals surface area (Å²) in [6.07, 6.45) is 10.5. The van der Waals surface area contributed by atoms with Crippen LogP contribution in [0.25, 0.3) is 0 Å². The molecule has 1 fully saturated rings. The van der Waals surface area contributed by atoms with Gasteiger partial charge in [0.25, 0.3) is 0 Å². The number of aromatic nitrogens is 2. The first kappa shape index (κ1) is 17.0. The van der Waals surface area contributed by atoms with Gasteiger partial charge in [0.05, 0.1) is 0 Å². The Hall–Kier alpha value is -1.81. The Bertz CT molecular complexity index is 639. The summed E-state index contributed by atoms with van der Waals surface area (Å²) in [4.78, 5) is 8.95. The number of benzene rings is 1. The van der Waals surface area contributed by atoms with Gasteiger partial charge >= 0.3 is 0 Å². The second kappa shape index (κ2) is 8.88. The molecule has 0 saturated heterocycles. The van der Waals surface area contributed by atoms with Crippen molar-refractivity contribution in [2.24, 2.45) is 0 Å². The maximum Gasteiger partial charge on any atom is 0.224 e. The molecule has 24 heavy (non-hydrogen) atoms. The maximum absolute atomic E-state index is 6.02. The molecule has 1 heterocycles. The maximum atomic E-state index is 6.02. The third kappa shape index (κ3) is 5.38. The van der Waals surface area contributed by atoms with Crippen LogP contribution in [0.3, 0.4) is 0 Å². The fraction of sp³-hybridized carbons (Fsp3) is 0.474. The summed E-state index contributed by atoms with van der Waals surface area (Å²) in [6, 6.07) is 10.4. The SMILES string of the molecule is Clc1cccc(CCNc2ccnc(NC3CCCCCC3)n2)c1. The summed E-state index contributed by atoms with van der Waals surface area (Å²) in [5, 5.41) is 7.65. The lowest BCUT2D eigenvalue weighted by Crippen LogP contribution is -2.20. The number of hydrogen-bond donors (Lipinski definition) is 2. The quantitative estimate of drug-likeness (QED) is 0.730. The molecule has 0 unspecified atom stereocenters. The van der Waals surface area contributed by atoms with Gasteiger partial charge in [0.1, 0.15) is 5.82 Å². The van der Waals surface area contributed by atoms with Gasteiger partial charge in [0, 0.05) is 23.8 Å². The highest BCUT2D eigenvalue weighted by Crippen LogP contribution is 2.20. The van der Waals surface area contributed by atoms with Crippen LogP contribution < -0.4 is 10.6 Å². The van der Waals surface area contributed by atoms with Crippen molar-refractivity contribution >= 4 is 23.4 Å². The molecule has 128 valence electrons. The van der Waals surface area contributed by atoms with Gasteiger partial charge in [-0.05, 0) is 43.0 Å². The van der Waals surface area contributed by atoms with Gasteiger partial charge in [0.2, 0.25) is 5.95 Å². The summed E-state index contributed by atoms with van der Waals surface area (Å²) < 4.78 is 0. The van der Waals surface area contributed by atoms with Crippen LogP contribution in [0.4, 0.5) is 11.8 Å². The molecule has 1 aliphatic carbocycles. The van der Waals surface area contributed by atoms with Crippen molar-refractivity contribution in [1.29, 1.82) is 0 Å². The highest BCUT2D eigenvalue weighted by Gasteiger charge is 2.13. The van der Waals surface area contributed by atoms with Crippen LogP contribution in [0.15, 0.2) is 36.5 Å². The molecule has 0 bridgehead atoms. The van der Waals surface area contributed by atoms with Gasteiger partial charge < -0.3 is 10.6 Å². The molecule has 5 heteroatoms. The van der Waals surface area contributed by atoms with E-state index in [0.29, 0.717) is 6.04 Å². The minimum Gasteiger partial charge on any atom is -0.370 e. The van der Waals surface area contributed by atoms with E-state index < -0.39 is 0 Å². The van der Waals surface area contributed by atoms with Crippen molar-refractivity contribution in [3.8, 4) is 0 Å². The van der Waals surface area contributed by atoms with Gasteiger partial charge in [-0.25, -0.2) is 4.98 Å². The molecule has 1 saturated carbocycles. The Balaban J connectivity index is 1.51. The van der Waals surface area contributed by atoms with E-state index in [0.717, 1.165) is 29.8 Å². The molecule has 3 rings (SSSR count). The third-order valence-corrected chi connectivity index (χ3v) is 4.69. The van der Waals surface area contributed by atoms with E-state index in [-0.39, 0.29) is 0 Å². The molecule has 0 amide bonds. The minimum absolute atomic E-state index is 0.509. The Labute approximate surface area is 149 Å². The van der Waals surface area contributed by atoms with Crippen molar-refractivity contribution in [1.82, 2.24) is 9.97 Å². The molecule has 0 atom stereocenters. The summed E-state index contributed by atoms with van der Waals surface area (Å²) in [5.74, 6) is 1.60. The number of halogens is 1. The number of rotatable bonds is 6. The van der Waals surface area contributed by atoms with Crippen LogP contribution in [0.2, 0.25) is 5.02 Å². The standard InChI is InChI=1S/C19H25ClN4/c20-16-7-5-6-15(14-16)10-12-21-18-11-13-22-19(24-18)23-17-8-3-1-2-4-9-17/h5-7,11,13-14,17H,1-4,8-10,12H2,(H2,21,22,23,24). The van der Waals surface area contributed by atoms with E-state index in [9.17, 15) is 0 Å². The molecule has 2 N–H and O–H groups in total. The average molecular weight is 345 g/mol. The smallest absolute Gasteiger partial charge is 0.224 e. The van der Waals surface area contributed by atoms with E-state index >= 15 is 0 Å². The zero-order chi connectivity index (χ0) is 16.6. The number of nitrogens with zero attached hydrogens (tertiary/aromatic N) is 2. The zero-order valence-corrected chi connectivity index (χ0v) is 14.7. The number of nitrogens with one attached hydrogen (secondary N) is 2. The Kier molecular flexibility index (Phi) is 6.30. The van der Waals surface area contributed by atoms with E-state index in [1.807, 2.05) is 30.5 Å². The molecule has 1 aromatic carbocycles. The Morgan fingerprint density at radius 3 is 2.71 bits per heavy atom. The molecule has 0 aliphatic heterocycles. The average Bonchev–Trinajstić information content (AvgIpc) is 2.84. The monoisotopic (exact) mass is 344 g/mol. The van der Waals surface area contributed by atoms with Crippen LogP contribution in [0.1, 0.15) is 44.1 Å². The van der Waals surface area contributed by atoms with Crippen LogP contribution >= 0.6 is 11.6 Å². The van der Waals surface area contributed by atoms with Crippen molar-refractivity contribution in [3.05, 3.63) is 47.1 Å². The zero-order valence-electron chi connectivity index (χ0n) is 14.0. The van der Waals surface area contributed by atoms with E-state index in [1.54, 1.807) is 0 Å². The molecule has 2 aromatic rings. The minimum atomic E-state index is 0.509. The molecular weight excluding hydrogens is 320 g/mol. The number of hydrogen-bond acceptors (Lipinski definition) is 4. The molecule has 0 spiro atoms. The Morgan fingerprint density at radius 1 is 1.08 bits per heavy atom. The number of anilines is 2. The van der Waals surface area contributed by atoms with Crippen molar-refractivity contribution in [2.45, 2.75) is 51.0 Å². The second-order valence-corrected chi connectivity index (χ2v) is 6.84. The predicted octanol–water partition coefficient (Wildman–Crippen LogP) is 4.92. The third-order valence-electron chi connectivity index (χ3n) is 4.45. The van der Waals surface area contributed by atoms with Crippen molar-refractivity contribution in [2.75, 3.05) is 17.2 Å². The lowest BCUT2D eigenvalue weighted by atomic mass is 10.1. The molecule has 1 aliphatic rings. The van der Waals surface area contributed by atoms with Crippen LogP contribution in [-0.4, -0.2) is 22.6 Å². The van der Waals surface area contributed by atoms with Crippen LogP contribution in [0, 0.1) is 0 Å². The highest BCUT2D eigenvalue weighted by atomic mass is 35.5. The highest BCUT2D eigenvalue weighted by molar-refractivity contribution is 6.30. The topological polar surface area (TPSA) is 49.8 Å². The fourth-order valence-corrected chi connectivity index (χ4v) is 3.37. The van der Waals surface area contributed by atoms with Crippen LogP contribution in [-0.2, 0) is 6.42 Å². The van der Waals surface area contributed by atoms with Crippen molar-refractivity contribution < 1.29 is 0 Å². The van der Waals surface area contributed by atoms with E-state index in [1.165, 1.54) is 44.1 Å².